The van der Waals surface area contributed by atoms with Crippen molar-refractivity contribution in [3.05, 3.63) is 34.3 Å². The van der Waals surface area contributed by atoms with E-state index in [-0.39, 0.29) is 5.97 Å². The number of halogens is 1. The van der Waals surface area contributed by atoms with Gasteiger partial charge in [0.05, 0.1) is 13.5 Å². The van der Waals surface area contributed by atoms with Gasteiger partial charge in [0.1, 0.15) is 0 Å². The first-order chi connectivity index (χ1) is 7.22. The van der Waals surface area contributed by atoms with Gasteiger partial charge in [-0.05, 0) is 17.7 Å². The van der Waals surface area contributed by atoms with Crippen LogP contribution in [0.15, 0.2) is 28.7 Å². The average Bonchev–Trinajstić information content (AvgIpc) is 2.24. The van der Waals surface area contributed by atoms with Crippen molar-refractivity contribution in [2.75, 3.05) is 13.7 Å². The van der Waals surface area contributed by atoms with E-state index >= 15 is 0 Å². The summed E-state index contributed by atoms with van der Waals surface area (Å²) in [4.78, 5) is 10.8. The highest BCUT2D eigenvalue weighted by Crippen LogP contribution is 2.11. The van der Waals surface area contributed by atoms with E-state index in [0.29, 0.717) is 13.0 Å². The van der Waals surface area contributed by atoms with Crippen LogP contribution in [0.2, 0.25) is 0 Å². The molecule has 0 amide bonds. The second-order valence-electron chi connectivity index (χ2n) is 3.13. The SMILES string of the molecule is COC(=O)CCNCc1cccc(Br)c1. The minimum absolute atomic E-state index is 0.184. The van der Waals surface area contributed by atoms with Gasteiger partial charge < -0.3 is 10.1 Å². The van der Waals surface area contributed by atoms with Crippen LogP contribution in [0.25, 0.3) is 0 Å². The Hall–Kier alpha value is -0.870. The smallest absolute Gasteiger partial charge is 0.306 e. The van der Waals surface area contributed by atoms with Crippen LogP contribution in [0.3, 0.4) is 0 Å². The van der Waals surface area contributed by atoms with Gasteiger partial charge in [0.15, 0.2) is 0 Å². The summed E-state index contributed by atoms with van der Waals surface area (Å²) in [7, 11) is 1.40. The van der Waals surface area contributed by atoms with E-state index in [1.54, 1.807) is 0 Å². The summed E-state index contributed by atoms with van der Waals surface area (Å²) in [6.07, 6.45) is 0.407. The number of carbonyl (C=O) groups is 1. The molecule has 0 radical (unpaired) electrons. The first-order valence-corrected chi connectivity index (χ1v) is 5.53. The molecule has 0 unspecified atom stereocenters. The third kappa shape index (κ3) is 4.95. The van der Waals surface area contributed by atoms with Crippen molar-refractivity contribution >= 4 is 21.9 Å². The summed E-state index contributed by atoms with van der Waals surface area (Å²) in [5.41, 5.74) is 1.19. The summed E-state index contributed by atoms with van der Waals surface area (Å²) >= 11 is 3.40. The van der Waals surface area contributed by atoms with Crippen molar-refractivity contribution in [3.8, 4) is 0 Å². The summed E-state index contributed by atoms with van der Waals surface area (Å²) in [6.45, 7) is 1.40. The maximum atomic E-state index is 10.8. The largest absolute Gasteiger partial charge is 0.469 e. The molecule has 0 aliphatic heterocycles. The molecule has 0 heterocycles. The highest BCUT2D eigenvalue weighted by molar-refractivity contribution is 9.10. The number of methoxy groups -OCH3 is 1. The molecule has 0 aliphatic carbocycles. The summed E-state index contributed by atoms with van der Waals surface area (Å²) in [5.74, 6) is -0.184. The van der Waals surface area contributed by atoms with Gasteiger partial charge >= 0.3 is 5.97 Å². The van der Waals surface area contributed by atoms with Gasteiger partial charge in [-0.2, -0.15) is 0 Å². The third-order valence-corrected chi connectivity index (χ3v) is 2.44. The van der Waals surface area contributed by atoms with Crippen molar-refractivity contribution in [2.45, 2.75) is 13.0 Å². The zero-order chi connectivity index (χ0) is 11.1. The molecule has 0 bridgehead atoms. The Morgan fingerprint density at radius 1 is 1.53 bits per heavy atom. The van der Waals surface area contributed by atoms with Crippen LogP contribution in [-0.4, -0.2) is 19.6 Å². The molecular formula is C11H14BrNO2. The fourth-order valence-electron chi connectivity index (χ4n) is 1.17. The van der Waals surface area contributed by atoms with Gasteiger partial charge in [-0.25, -0.2) is 0 Å². The summed E-state index contributed by atoms with van der Waals surface area (Å²) in [5, 5.41) is 3.17. The van der Waals surface area contributed by atoms with Gasteiger partial charge in [-0.1, -0.05) is 28.1 Å². The Bertz CT molecular complexity index is 328. The lowest BCUT2D eigenvalue weighted by atomic mass is 10.2. The lowest BCUT2D eigenvalue weighted by Crippen LogP contribution is -2.18. The van der Waals surface area contributed by atoms with Gasteiger partial charge in [0.25, 0.3) is 0 Å². The minimum Gasteiger partial charge on any atom is -0.469 e. The van der Waals surface area contributed by atoms with E-state index in [2.05, 4.69) is 26.0 Å². The topological polar surface area (TPSA) is 38.3 Å². The second-order valence-corrected chi connectivity index (χ2v) is 4.05. The molecule has 0 saturated heterocycles. The van der Waals surface area contributed by atoms with Crippen molar-refractivity contribution < 1.29 is 9.53 Å². The number of benzene rings is 1. The molecule has 1 aromatic rings. The highest BCUT2D eigenvalue weighted by Gasteiger charge is 1.99. The van der Waals surface area contributed by atoms with E-state index in [1.807, 2.05) is 24.3 Å². The number of esters is 1. The molecule has 1 aromatic carbocycles. The average molecular weight is 272 g/mol. The molecular weight excluding hydrogens is 258 g/mol. The molecule has 3 nitrogen and oxygen atoms in total. The Labute approximate surface area is 97.9 Å². The van der Waals surface area contributed by atoms with E-state index in [0.717, 1.165) is 11.0 Å². The Morgan fingerprint density at radius 3 is 3.00 bits per heavy atom. The normalized spacial score (nSPS) is 10.0. The molecule has 1 N–H and O–H groups in total. The van der Waals surface area contributed by atoms with Gasteiger partial charge in [0.2, 0.25) is 0 Å². The Balaban J connectivity index is 2.23. The van der Waals surface area contributed by atoms with Crippen molar-refractivity contribution in [1.29, 1.82) is 0 Å². The highest BCUT2D eigenvalue weighted by atomic mass is 79.9. The fraction of sp³-hybridized carbons (Fsp3) is 0.364. The molecule has 0 saturated carbocycles. The maximum absolute atomic E-state index is 10.8. The molecule has 4 heteroatoms. The predicted octanol–water partition coefficient (Wildman–Crippen LogP) is 2.10. The van der Waals surface area contributed by atoms with Crippen molar-refractivity contribution in [3.63, 3.8) is 0 Å². The van der Waals surface area contributed by atoms with E-state index in [4.69, 9.17) is 0 Å². The second kappa shape index (κ2) is 6.58. The minimum atomic E-state index is -0.184. The lowest BCUT2D eigenvalue weighted by molar-refractivity contribution is -0.140. The number of rotatable bonds is 5. The lowest BCUT2D eigenvalue weighted by Gasteiger charge is -2.04. The number of hydrogen-bond donors (Lipinski definition) is 1. The van der Waals surface area contributed by atoms with Crippen molar-refractivity contribution in [2.24, 2.45) is 0 Å². The van der Waals surface area contributed by atoms with E-state index < -0.39 is 0 Å². The molecule has 15 heavy (non-hydrogen) atoms. The van der Waals surface area contributed by atoms with Crippen LogP contribution in [0.5, 0.6) is 0 Å². The van der Waals surface area contributed by atoms with Crippen molar-refractivity contribution in [1.82, 2.24) is 5.32 Å². The standard InChI is InChI=1S/C11H14BrNO2/c1-15-11(14)5-6-13-8-9-3-2-4-10(12)7-9/h2-4,7,13H,5-6,8H2,1H3. The zero-order valence-electron chi connectivity index (χ0n) is 8.63. The molecule has 0 atom stereocenters. The van der Waals surface area contributed by atoms with Crippen LogP contribution in [0, 0.1) is 0 Å². The van der Waals surface area contributed by atoms with Crippen LogP contribution in [-0.2, 0) is 16.1 Å². The van der Waals surface area contributed by atoms with Crippen LogP contribution < -0.4 is 5.32 Å². The van der Waals surface area contributed by atoms with Gasteiger partial charge in [-0.3, -0.25) is 4.79 Å². The first-order valence-electron chi connectivity index (χ1n) is 4.74. The molecule has 0 fully saturated rings. The number of hydrogen-bond acceptors (Lipinski definition) is 3. The maximum Gasteiger partial charge on any atom is 0.306 e. The summed E-state index contributed by atoms with van der Waals surface area (Å²) in [6, 6.07) is 8.06. The quantitative estimate of drug-likeness (QED) is 0.659. The third-order valence-electron chi connectivity index (χ3n) is 1.95. The number of ether oxygens (including phenoxy) is 1. The number of carbonyl (C=O) groups excluding carboxylic acids is 1. The molecule has 0 spiro atoms. The summed E-state index contributed by atoms with van der Waals surface area (Å²) < 4.78 is 5.60. The monoisotopic (exact) mass is 271 g/mol. The first kappa shape index (κ1) is 12.2. The van der Waals surface area contributed by atoms with E-state index in [1.165, 1.54) is 12.7 Å². The Kier molecular flexibility index (Phi) is 5.36. The molecule has 82 valence electrons. The predicted molar refractivity (Wildman–Crippen MR) is 62.5 cm³/mol. The molecule has 0 aromatic heterocycles. The Morgan fingerprint density at radius 2 is 2.33 bits per heavy atom. The number of nitrogens with one attached hydrogen (secondary N) is 1. The van der Waals surface area contributed by atoms with Gasteiger partial charge in [0, 0.05) is 17.6 Å². The van der Waals surface area contributed by atoms with Crippen LogP contribution in [0.1, 0.15) is 12.0 Å². The van der Waals surface area contributed by atoms with Gasteiger partial charge in [-0.15, -0.1) is 0 Å². The van der Waals surface area contributed by atoms with Crippen LogP contribution in [0.4, 0.5) is 0 Å². The fourth-order valence-corrected chi connectivity index (χ4v) is 1.62. The zero-order valence-corrected chi connectivity index (χ0v) is 10.2. The van der Waals surface area contributed by atoms with E-state index in [9.17, 15) is 4.79 Å². The van der Waals surface area contributed by atoms with Crippen LogP contribution >= 0.6 is 15.9 Å². The molecule has 0 aliphatic rings. The molecule has 1 rings (SSSR count).